The van der Waals surface area contributed by atoms with E-state index in [0.29, 0.717) is 24.5 Å². The highest BCUT2D eigenvalue weighted by molar-refractivity contribution is 5.88. The van der Waals surface area contributed by atoms with Crippen molar-refractivity contribution in [3.05, 3.63) is 58.7 Å². The van der Waals surface area contributed by atoms with Gasteiger partial charge in [0.25, 0.3) is 0 Å². The Morgan fingerprint density at radius 3 is 2.14 bits per heavy atom. The van der Waals surface area contributed by atoms with Crippen molar-refractivity contribution in [2.75, 3.05) is 6.54 Å². The van der Waals surface area contributed by atoms with Crippen molar-refractivity contribution in [2.45, 2.75) is 45.5 Å². The molecule has 1 saturated carbocycles. The van der Waals surface area contributed by atoms with E-state index in [-0.39, 0.29) is 23.5 Å². The summed E-state index contributed by atoms with van der Waals surface area (Å²) in [5.41, 5.74) is -1.92. The van der Waals surface area contributed by atoms with Crippen LogP contribution in [0.1, 0.15) is 49.8 Å². The second kappa shape index (κ2) is 8.63. The van der Waals surface area contributed by atoms with Crippen molar-refractivity contribution in [3.8, 4) is 0 Å². The van der Waals surface area contributed by atoms with Gasteiger partial charge in [0.2, 0.25) is 5.91 Å². The topological polar surface area (TPSA) is 29.1 Å². The first-order chi connectivity index (χ1) is 13.3. The number of rotatable bonds is 6. The summed E-state index contributed by atoms with van der Waals surface area (Å²) >= 11 is 0. The van der Waals surface area contributed by atoms with Crippen molar-refractivity contribution in [2.24, 2.45) is 11.8 Å². The minimum atomic E-state index is -4.85. The van der Waals surface area contributed by atoms with Crippen molar-refractivity contribution in [1.82, 2.24) is 5.32 Å². The number of alkyl halides is 6. The molecule has 1 aromatic rings. The maximum absolute atomic E-state index is 13.0. The monoisotopic (exact) mass is 419 g/mol. The van der Waals surface area contributed by atoms with Crippen LogP contribution in [0.2, 0.25) is 0 Å². The van der Waals surface area contributed by atoms with Crippen molar-refractivity contribution in [1.29, 1.82) is 0 Å². The zero-order chi connectivity index (χ0) is 22.0. The van der Waals surface area contributed by atoms with Gasteiger partial charge in [-0.25, -0.2) is 0 Å². The molecule has 0 heterocycles. The molecule has 2 rings (SSSR count). The molecular formula is C21H23F6NO. The highest BCUT2D eigenvalue weighted by Gasteiger charge is 2.41. The molecule has 0 unspecified atom stereocenters. The highest BCUT2D eigenvalue weighted by Crippen LogP contribution is 2.50. The van der Waals surface area contributed by atoms with E-state index in [0.717, 1.165) is 12.1 Å². The molecule has 1 amide bonds. The van der Waals surface area contributed by atoms with E-state index in [9.17, 15) is 31.1 Å². The summed E-state index contributed by atoms with van der Waals surface area (Å²) in [6.45, 7) is 6.16. The van der Waals surface area contributed by atoms with Gasteiger partial charge in [-0.3, -0.25) is 4.79 Å². The predicted octanol–water partition coefficient (Wildman–Crippen LogP) is 6.10. The second-order valence-corrected chi connectivity index (χ2v) is 7.73. The summed E-state index contributed by atoms with van der Waals surface area (Å²) in [5, 5.41) is 2.73. The van der Waals surface area contributed by atoms with Crippen LogP contribution in [0.15, 0.2) is 42.0 Å². The lowest BCUT2D eigenvalue weighted by Gasteiger charge is -2.14. The van der Waals surface area contributed by atoms with Gasteiger partial charge < -0.3 is 5.32 Å². The number of benzene rings is 1. The van der Waals surface area contributed by atoms with Gasteiger partial charge in [-0.1, -0.05) is 26.0 Å². The van der Waals surface area contributed by atoms with Crippen LogP contribution in [0.5, 0.6) is 0 Å². The molecule has 0 spiro atoms. The Balaban J connectivity index is 2.11. The molecule has 2 atom stereocenters. The van der Waals surface area contributed by atoms with Gasteiger partial charge in [0, 0.05) is 12.6 Å². The molecule has 29 heavy (non-hydrogen) atoms. The summed E-state index contributed by atoms with van der Waals surface area (Å²) in [6, 6.07) is 1.71. The third kappa shape index (κ3) is 6.94. The lowest BCUT2D eigenvalue weighted by molar-refractivity contribution is -0.143. The van der Waals surface area contributed by atoms with Gasteiger partial charge in [-0.2, -0.15) is 26.3 Å². The molecule has 0 radical (unpaired) electrons. The van der Waals surface area contributed by atoms with E-state index < -0.39 is 29.4 Å². The summed E-state index contributed by atoms with van der Waals surface area (Å²) in [6.07, 6.45) is -4.44. The average molecular weight is 419 g/mol. The van der Waals surface area contributed by atoms with E-state index in [4.69, 9.17) is 0 Å². The van der Waals surface area contributed by atoms with E-state index >= 15 is 0 Å². The van der Waals surface area contributed by atoms with Gasteiger partial charge in [0.1, 0.15) is 0 Å². The molecular weight excluding hydrogens is 396 g/mol. The zero-order valence-electron chi connectivity index (χ0n) is 16.3. The number of carbonyl (C=O) groups is 1. The standard InChI is InChI=1S/C21H23F6NO/c1-12(2)11-28-19(29)6-13(3)4-5-14-9-18(14)15-7-16(20(22,23)24)10-17(8-15)21(25,26)27/h4-8,10,12,14,18H,9,11H2,1-3H3,(H,28,29)/t14-,18-/m1/s1. The molecule has 1 N–H and O–H groups in total. The Kier molecular flexibility index (Phi) is 6.86. The minimum Gasteiger partial charge on any atom is -0.352 e. The van der Waals surface area contributed by atoms with Crippen molar-refractivity contribution < 1.29 is 31.1 Å². The van der Waals surface area contributed by atoms with E-state index in [1.807, 2.05) is 13.8 Å². The smallest absolute Gasteiger partial charge is 0.352 e. The number of allylic oxidation sites excluding steroid dienone is 3. The van der Waals surface area contributed by atoms with Gasteiger partial charge in [0.15, 0.2) is 0 Å². The largest absolute Gasteiger partial charge is 0.416 e. The molecule has 0 aliphatic heterocycles. The van der Waals surface area contributed by atoms with E-state index in [1.165, 1.54) is 6.08 Å². The van der Waals surface area contributed by atoms with Crippen LogP contribution in [0.4, 0.5) is 26.3 Å². The number of nitrogens with one attached hydrogen (secondary N) is 1. The normalized spacial score (nSPS) is 20.4. The molecule has 0 bridgehead atoms. The Morgan fingerprint density at radius 2 is 1.66 bits per heavy atom. The average Bonchev–Trinajstić information content (AvgIpc) is 3.36. The molecule has 8 heteroatoms. The Hall–Kier alpha value is -2.25. The third-order valence-electron chi connectivity index (χ3n) is 4.53. The number of amides is 1. The lowest BCUT2D eigenvalue weighted by Crippen LogP contribution is -2.25. The third-order valence-corrected chi connectivity index (χ3v) is 4.53. The first-order valence-electron chi connectivity index (χ1n) is 9.21. The zero-order valence-corrected chi connectivity index (χ0v) is 16.3. The number of hydrogen-bond donors (Lipinski definition) is 1. The number of carbonyl (C=O) groups excluding carboxylic acids is 1. The molecule has 1 aliphatic rings. The van der Waals surface area contributed by atoms with E-state index in [2.05, 4.69) is 5.32 Å². The lowest BCUT2D eigenvalue weighted by atomic mass is 10.0. The fourth-order valence-corrected chi connectivity index (χ4v) is 2.89. The highest BCUT2D eigenvalue weighted by atomic mass is 19.4. The fourth-order valence-electron chi connectivity index (χ4n) is 2.89. The Morgan fingerprint density at radius 1 is 1.10 bits per heavy atom. The molecule has 0 aromatic heterocycles. The van der Waals surface area contributed by atoms with Crippen molar-refractivity contribution in [3.63, 3.8) is 0 Å². The second-order valence-electron chi connectivity index (χ2n) is 7.73. The van der Waals surface area contributed by atoms with Crippen molar-refractivity contribution >= 4 is 5.91 Å². The molecule has 1 aliphatic carbocycles. The molecule has 1 fully saturated rings. The van der Waals surface area contributed by atoms with Crippen LogP contribution in [-0.4, -0.2) is 12.5 Å². The fraction of sp³-hybridized carbons (Fsp3) is 0.476. The maximum atomic E-state index is 13.0. The summed E-state index contributed by atoms with van der Waals surface area (Å²) in [7, 11) is 0. The molecule has 160 valence electrons. The molecule has 2 nitrogen and oxygen atoms in total. The minimum absolute atomic E-state index is 0.0260. The van der Waals surface area contributed by atoms with Crippen LogP contribution in [0.25, 0.3) is 0 Å². The van der Waals surface area contributed by atoms with Gasteiger partial charge in [-0.15, -0.1) is 0 Å². The first kappa shape index (κ1) is 23.0. The van der Waals surface area contributed by atoms with Crippen LogP contribution in [0.3, 0.4) is 0 Å². The maximum Gasteiger partial charge on any atom is 0.416 e. The molecule has 1 aromatic carbocycles. The van der Waals surface area contributed by atoms with Gasteiger partial charge in [0.05, 0.1) is 11.1 Å². The van der Waals surface area contributed by atoms with Crippen LogP contribution >= 0.6 is 0 Å². The summed E-state index contributed by atoms with van der Waals surface area (Å²) in [5.74, 6) is -0.510. The Bertz CT molecular complexity index is 772. The van der Waals surface area contributed by atoms with Crippen LogP contribution in [-0.2, 0) is 17.1 Å². The first-order valence-corrected chi connectivity index (χ1v) is 9.21. The van der Waals surface area contributed by atoms with Gasteiger partial charge >= 0.3 is 12.4 Å². The molecule has 0 saturated heterocycles. The van der Waals surface area contributed by atoms with Crippen LogP contribution < -0.4 is 5.32 Å². The summed E-state index contributed by atoms with van der Waals surface area (Å²) in [4.78, 5) is 11.7. The number of hydrogen-bond acceptors (Lipinski definition) is 1. The SMILES string of the molecule is CC(C=C[C@@H]1C[C@H]1c1cc(C(F)(F)F)cc(C(F)(F)F)c1)=CC(=O)NCC(C)C. The number of halogens is 6. The Labute approximate surface area is 165 Å². The van der Waals surface area contributed by atoms with E-state index in [1.54, 1.807) is 19.1 Å². The summed E-state index contributed by atoms with van der Waals surface area (Å²) < 4.78 is 77.9. The predicted molar refractivity (Wildman–Crippen MR) is 98.0 cm³/mol. The van der Waals surface area contributed by atoms with Crippen LogP contribution in [0, 0.1) is 11.8 Å². The van der Waals surface area contributed by atoms with Gasteiger partial charge in [-0.05, 0) is 60.4 Å². The quantitative estimate of drug-likeness (QED) is 0.337.